The molecule has 1 fully saturated rings. The molecule has 1 unspecified atom stereocenters. The third kappa shape index (κ3) is 4.46. The van der Waals surface area contributed by atoms with E-state index in [9.17, 15) is 4.79 Å². The predicted octanol–water partition coefficient (Wildman–Crippen LogP) is 2.95. The lowest BCUT2D eigenvalue weighted by Crippen LogP contribution is -2.35. The Morgan fingerprint density at radius 1 is 1.43 bits per heavy atom. The fourth-order valence-electron chi connectivity index (χ4n) is 2.66. The zero-order chi connectivity index (χ0) is 15.5. The van der Waals surface area contributed by atoms with Crippen LogP contribution in [0, 0.1) is 0 Å². The molecule has 1 aliphatic rings. The summed E-state index contributed by atoms with van der Waals surface area (Å²) in [5.41, 5.74) is 1.94. The minimum Gasteiger partial charge on any atom is -0.444 e. The number of hydrogen-bond acceptors (Lipinski definition) is 3. The number of aliphatic hydroxyl groups excluding tert-OH is 1. The van der Waals surface area contributed by atoms with Gasteiger partial charge in [-0.15, -0.1) is 0 Å². The molecule has 1 amide bonds. The Labute approximate surface area is 126 Å². The fraction of sp³-hybridized carbons (Fsp3) is 0.588. The molecule has 21 heavy (non-hydrogen) atoms. The van der Waals surface area contributed by atoms with Crippen molar-refractivity contribution in [3.8, 4) is 0 Å². The van der Waals surface area contributed by atoms with Crippen LogP contribution in [0.5, 0.6) is 0 Å². The van der Waals surface area contributed by atoms with E-state index in [-0.39, 0.29) is 12.7 Å². The summed E-state index contributed by atoms with van der Waals surface area (Å²) in [6.07, 6.45) is 1.41. The van der Waals surface area contributed by atoms with E-state index in [0.29, 0.717) is 18.9 Å². The number of carbonyl (C=O) groups excluding carboxylic acids is 1. The quantitative estimate of drug-likeness (QED) is 0.931. The van der Waals surface area contributed by atoms with Crippen LogP contribution < -0.4 is 0 Å². The van der Waals surface area contributed by atoms with Crippen LogP contribution in [-0.2, 0) is 11.2 Å². The van der Waals surface area contributed by atoms with Gasteiger partial charge < -0.3 is 14.7 Å². The van der Waals surface area contributed by atoms with E-state index in [2.05, 4.69) is 12.1 Å². The van der Waals surface area contributed by atoms with Crippen molar-refractivity contribution in [3.05, 3.63) is 35.4 Å². The third-order valence-electron chi connectivity index (χ3n) is 3.66. The van der Waals surface area contributed by atoms with Crippen molar-refractivity contribution in [3.63, 3.8) is 0 Å². The molecule has 1 atom stereocenters. The summed E-state index contributed by atoms with van der Waals surface area (Å²) < 4.78 is 5.42. The van der Waals surface area contributed by atoms with Gasteiger partial charge in [-0.3, -0.25) is 0 Å². The first kappa shape index (κ1) is 15.8. The van der Waals surface area contributed by atoms with Crippen molar-refractivity contribution >= 4 is 6.09 Å². The smallest absolute Gasteiger partial charge is 0.410 e. The molecule has 0 bridgehead atoms. The van der Waals surface area contributed by atoms with Crippen LogP contribution in [-0.4, -0.2) is 41.4 Å². The Morgan fingerprint density at radius 3 is 2.86 bits per heavy atom. The Hall–Kier alpha value is -1.55. The number of nitrogens with zero attached hydrogens (tertiary/aromatic N) is 1. The molecule has 0 aromatic heterocycles. The van der Waals surface area contributed by atoms with Crippen LogP contribution in [0.4, 0.5) is 4.79 Å². The molecule has 0 spiro atoms. The standard InChI is InChI=1S/C17H25NO3/c1-17(2,3)21-16(20)18-9-7-15(12-18)14-6-4-5-13(11-14)8-10-19/h4-6,11,15,19H,7-10,12H2,1-3H3. The van der Waals surface area contributed by atoms with Gasteiger partial charge in [0.1, 0.15) is 5.60 Å². The monoisotopic (exact) mass is 291 g/mol. The Balaban J connectivity index is 1.99. The van der Waals surface area contributed by atoms with Gasteiger partial charge >= 0.3 is 6.09 Å². The van der Waals surface area contributed by atoms with Gasteiger partial charge in [0.2, 0.25) is 0 Å². The fourth-order valence-corrected chi connectivity index (χ4v) is 2.66. The number of aliphatic hydroxyl groups is 1. The van der Waals surface area contributed by atoms with Gasteiger partial charge in [-0.2, -0.15) is 0 Å². The second-order valence-electron chi connectivity index (χ2n) is 6.63. The molecule has 0 aliphatic carbocycles. The topological polar surface area (TPSA) is 49.8 Å². The lowest BCUT2D eigenvalue weighted by Gasteiger charge is -2.24. The van der Waals surface area contributed by atoms with Crippen LogP contribution in [0.25, 0.3) is 0 Å². The van der Waals surface area contributed by atoms with Crippen molar-refractivity contribution in [1.29, 1.82) is 0 Å². The van der Waals surface area contributed by atoms with Crippen LogP contribution >= 0.6 is 0 Å². The Morgan fingerprint density at radius 2 is 2.19 bits per heavy atom. The van der Waals surface area contributed by atoms with Crippen molar-refractivity contribution in [2.75, 3.05) is 19.7 Å². The maximum absolute atomic E-state index is 12.1. The molecule has 1 heterocycles. The van der Waals surface area contributed by atoms with Crippen molar-refractivity contribution in [1.82, 2.24) is 4.90 Å². The number of amides is 1. The SMILES string of the molecule is CC(C)(C)OC(=O)N1CCC(c2cccc(CCO)c2)C1. The van der Waals surface area contributed by atoms with Crippen LogP contribution in [0.1, 0.15) is 44.2 Å². The highest BCUT2D eigenvalue weighted by atomic mass is 16.6. The summed E-state index contributed by atoms with van der Waals surface area (Å²) >= 11 is 0. The maximum Gasteiger partial charge on any atom is 0.410 e. The second-order valence-corrected chi connectivity index (χ2v) is 6.63. The van der Waals surface area contributed by atoms with Gasteiger partial charge in [-0.1, -0.05) is 24.3 Å². The van der Waals surface area contributed by atoms with E-state index in [1.807, 2.05) is 32.9 Å². The van der Waals surface area contributed by atoms with Gasteiger partial charge in [0, 0.05) is 25.6 Å². The number of hydrogen-bond donors (Lipinski definition) is 1. The molecule has 4 nitrogen and oxygen atoms in total. The van der Waals surface area contributed by atoms with Crippen LogP contribution in [0.3, 0.4) is 0 Å². The van der Waals surface area contributed by atoms with Gasteiger partial charge in [-0.25, -0.2) is 4.79 Å². The van der Waals surface area contributed by atoms with Gasteiger partial charge in [-0.05, 0) is 44.7 Å². The Kier molecular flexibility index (Phi) is 4.88. The third-order valence-corrected chi connectivity index (χ3v) is 3.66. The summed E-state index contributed by atoms with van der Waals surface area (Å²) in [6, 6.07) is 8.29. The molecular weight excluding hydrogens is 266 g/mol. The molecule has 116 valence electrons. The molecule has 0 radical (unpaired) electrons. The second kappa shape index (κ2) is 6.48. The average Bonchev–Trinajstić information content (AvgIpc) is 2.87. The first-order valence-electron chi connectivity index (χ1n) is 7.56. The number of rotatable bonds is 3. The lowest BCUT2D eigenvalue weighted by atomic mass is 9.96. The largest absolute Gasteiger partial charge is 0.444 e. The van der Waals surface area contributed by atoms with Gasteiger partial charge in [0.15, 0.2) is 0 Å². The summed E-state index contributed by atoms with van der Waals surface area (Å²) in [5.74, 6) is 0.358. The summed E-state index contributed by atoms with van der Waals surface area (Å²) in [7, 11) is 0. The first-order chi connectivity index (χ1) is 9.89. The highest BCUT2D eigenvalue weighted by Gasteiger charge is 2.30. The summed E-state index contributed by atoms with van der Waals surface area (Å²) in [5, 5.41) is 9.03. The zero-order valence-electron chi connectivity index (χ0n) is 13.1. The zero-order valence-corrected chi connectivity index (χ0v) is 13.1. The highest BCUT2D eigenvalue weighted by molar-refractivity contribution is 5.68. The minimum absolute atomic E-state index is 0.165. The van der Waals surface area contributed by atoms with Crippen LogP contribution in [0.2, 0.25) is 0 Å². The normalized spacial score (nSPS) is 18.9. The summed E-state index contributed by atoms with van der Waals surface area (Å²) in [6.45, 7) is 7.27. The minimum atomic E-state index is -0.448. The molecule has 1 aliphatic heterocycles. The van der Waals surface area contributed by atoms with E-state index >= 15 is 0 Å². The van der Waals surface area contributed by atoms with E-state index in [4.69, 9.17) is 9.84 Å². The average molecular weight is 291 g/mol. The molecule has 1 aromatic carbocycles. The van der Waals surface area contributed by atoms with Crippen LogP contribution in [0.15, 0.2) is 24.3 Å². The first-order valence-corrected chi connectivity index (χ1v) is 7.56. The Bertz CT molecular complexity index is 493. The number of ether oxygens (including phenoxy) is 1. The number of likely N-dealkylation sites (tertiary alicyclic amines) is 1. The lowest BCUT2D eigenvalue weighted by molar-refractivity contribution is 0.0292. The van der Waals surface area contributed by atoms with Crippen molar-refractivity contribution in [2.24, 2.45) is 0 Å². The maximum atomic E-state index is 12.1. The van der Waals surface area contributed by atoms with Gasteiger partial charge in [0.05, 0.1) is 0 Å². The van der Waals surface area contributed by atoms with Gasteiger partial charge in [0.25, 0.3) is 0 Å². The predicted molar refractivity (Wildman–Crippen MR) is 82.4 cm³/mol. The van der Waals surface area contributed by atoms with E-state index in [1.54, 1.807) is 4.90 Å². The molecule has 1 N–H and O–H groups in total. The summed E-state index contributed by atoms with van der Waals surface area (Å²) in [4.78, 5) is 13.9. The molecule has 4 heteroatoms. The van der Waals surface area contributed by atoms with E-state index < -0.39 is 5.60 Å². The molecular formula is C17H25NO3. The molecule has 1 saturated heterocycles. The highest BCUT2D eigenvalue weighted by Crippen LogP contribution is 2.28. The molecule has 0 saturated carbocycles. The molecule has 2 rings (SSSR count). The molecule has 1 aromatic rings. The van der Waals surface area contributed by atoms with E-state index in [1.165, 1.54) is 5.56 Å². The number of carbonyl (C=O) groups is 1. The van der Waals surface area contributed by atoms with E-state index in [0.717, 1.165) is 18.5 Å². The van der Waals surface area contributed by atoms with Crippen molar-refractivity contribution in [2.45, 2.75) is 45.1 Å². The van der Waals surface area contributed by atoms with Crippen molar-refractivity contribution < 1.29 is 14.6 Å². The number of benzene rings is 1.